The minimum absolute atomic E-state index is 0.214. The van der Waals surface area contributed by atoms with Gasteiger partial charge in [-0.15, -0.1) is 0 Å². The lowest BCUT2D eigenvalue weighted by Gasteiger charge is -2.14. The van der Waals surface area contributed by atoms with Crippen molar-refractivity contribution in [3.63, 3.8) is 0 Å². The van der Waals surface area contributed by atoms with Crippen LogP contribution in [0.4, 0.5) is 0 Å². The monoisotopic (exact) mass is 337 g/mol. The zero-order chi connectivity index (χ0) is 16.4. The lowest BCUT2D eigenvalue weighted by atomic mass is 10.2. The number of rotatable bonds is 6. The van der Waals surface area contributed by atoms with E-state index < -0.39 is 10.0 Å². The van der Waals surface area contributed by atoms with Crippen LogP contribution < -0.4 is 4.72 Å². The fourth-order valence-corrected chi connectivity index (χ4v) is 4.25. The van der Waals surface area contributed by atoms with Gasteiger partial charge in [-0.2, -0.15) is 5.10 Å². The third kappa shape index (κ3) is 3.48. The average Bonchev–Trinajstić information content (AvgIpc) is 3.24. The van der Waals surface area contributed by atoms with E-state index >= 15 is 0 Å². The standard InChI is InChI=1S/C15H23N5O2S/c1-3-14(15-16-8-11(2)18-15)19-23(21,22)13-9-17-20(10-13)12-6-4-5-7-12/h8-10,12,14,19H,3-7H2,1-2H3,(H,16,18)/t14-/m0/s1. The molecule has 1 atom stereocenters. The van der Waals surface area contributed by atoms with Gasteiger partial charge >= 0.3 is 0 Å². The molecular formula is C15H23N5O2S. The number of nitrogens with one attached hydrogen (secondary N) is 2. The Kier molecular flexibility index (Phi) is 4.54. The van der Waals surface area contributed by atoms with E-state index in [1.165, 1.54) is 19.0 Å². The van der Waals surface area contributed by atoms with E-state index in [-0.39, 0.29) is 10.9 Å². The summed E-state index contributed by atoms with van der Waals surface area (Å²) in [6, 6.07) is -0.0443. The number of aromatic amines is 1. The Balaban J connectivity index is 1.77. The first-order valence-electron chi connectivity index (χ1n) is 8.07. The minimum atomic E-state index is -3.61. The van der Waals surface area contributed by atoms with E-state index in [9.17, 15) is 8.42 Å². The van der Waals surface area contributed by atoms with Crippen LogP contribution in [-0.4, -0.2) is 28.2 Å². The molecule has 8 heteroatoms. The highest BCUT2D eigenvalue weighted by molar-refractivity contribution is 7.89. The molecule has 0 saturated heterocycles. The summed E-state index contributed by atoms with van der Waals surface area (Å²) in [6.07, 6.45) is 9.88. The second-order valence-electron chi connectivity index (χ2n) is 6.13. The lowest BCUT2D eigenvalue weighted by Crippen LogP contribution is -2.29. The van der Waals surface area contributed by atoms with Crippen LogP contribution in [0.2, 0.25) is 0 Å². The molecule has 0 radical (unpaired) electrons. The number of imidazole rings is 1. The molecule has 1 aliphatic carbocycles. The third-order valence-corrected chi connectivity index (χ3v) is 5.77. The maximum atomic E-state index is 12.6. The molecule has 0 aliphatic heterocycles. The quantitative estimate of drug-likeness (QED) is 0.847. The van der Waals surface area contributed by atoms with Gasteiger partial charge in [-0.1, -0.05) is 19.8 Å². The first-order valence-corrected chi connectivity index (χ1v) is 9.56. The van der Waals surface area contributed by atoms with Gasteiger partial charge < -0.3 is 4.98 Å². The van der Waals surface area contributed by atoms with Gasteiger partial charge in [0.15, 0.2) is 0 Å². The Labute approximate surface area is 136 Å². The van der Waals surface area contributed by atoms with E-state index in [1.54, 1.807) is 17.1 Å². The van der Waals surface area contributed by atoms with Crippen molar-refractivity contribution in [3.8, 4) is 0 Å². The van der Waals surface area contributed by atoms with Crippen molar-refractivity contribution >= 4 is 10.0 Å². The van der Waals surface area contributed by atoms with Crippen LogP contribution in [0.15, 0.2) is 23.5 Å². The van der Waals surface area contributed by atoms with Gasteiger partial charge in [0.1, 0.15) is 10.7 Å². The van der Waals surface area contributed by atoms with E-state index in [4.69, 9.17) is 0 Å². The van der Waals surface area contributed by atoms with Gasteiger partial charge in [0.25, 0.3) is 0 Å². The summed E-state index contributed by atoms with van der Waals surface area (Å²) in [5.41, 5.74) is 0.909. The molecule has 0 unspecified atom stereocenters. The van der Waals surface area contributed by atoms with Gasteiger partial charge in [0.05, 0.1) is 18.3 Å². The Hall–Kier alpha value is -1.67. The largest absolute Gasteiger partial charge is 0.345 e. The van der Waals surface area contributed by atoms with Gasteiger partial charge in [-0.05, 0) is 26.2 Å². The summed E-state index contributed by atoms with van der Waals surface area (Å²) < 4.78 is 29.7. The molecule has 2 aromatic heterocycles. The van der Waals surface area contributed by atoms with Crippen molar-refractivity contribution in [1.82, 2.24) is 24.5 Å². The Morgan fingerprint density at radius 3 is 2.74 bits per heavy atom. The fraction of sp³-hybridized carbons (Fsp3) is 0.600. The van der Waals surface area contributed by atoms with Gasteiger partial charge in [-0.3, -0.25) is 4.68 Å². The van der Waals surface area contributed by atoms with Crippen LogP contribution in [0.3, 0.4) is 0 Å². The Morgan fingerprint density at radius 1 is 1.39 bits per heavy atom. The van der Waals surface area contributed by atoms with Crippen molar-refractivity contribution in [1.29, 1.82) is 0 Å². The molecular weight excluding hydrogens is 314 g/mol. The molecule has 0 spiro atoms. The molecule has 7 nitrogen and oxygen atoms in total. The molecule has 2 aromatic rings. The van der Waals surface area contributed by atoms with Crippen molar-refractivity contribution in [2.75, 3.05) is 0 Å². The molecule has 0 amide bonds. The number of nitrogens with zero attached hydrogens (tertiary/aromatic N) is 3. The topological polar surface area (TPSA) is 92.7 Å². The number of aryl methyl sites for hydroxylation is 1. The number of sulfonamides is 1. The highest BCUT2D eigenvalue weighted by Crippen LogP contribution is 2.29. The zero-order valence-electron chi connectivity index (χ0n) is 13.5. The van der Waals surface area contributed by atoms with Crippen molar-refractivity contribution < 1.29 is 8.42 Å². The number of aromatic nitrogens is 4. The van der Waals surface area contributed by atoms with E-state index in [0.29, 0.717) is 18.3 Å². The van der Waals surface area contributed by atoms with E-state index in [0.717, 1.165) is 18.5 Å². The summed E-state index contributed by atoms with van der Waals surface area (Å²) >= 11 is 0. The van der Waals surface area contributed by atoms with Crippen LogP contribution in [0.1, 0.15) is 62.6 Å². The zero-order valence-corrected chi connectivity index (χ0v) is 14.3. The van der Waals surface area contributed by atoms with Crippen molar-refractivity contribution in [2.45, 2.75) is 62.9 Å². The van der Waals surface area contributed by atoms with Crippen LogP contribution in [-0.2, 0) is 10.0 Å². The van der Waals surface area contributed by atoms with Gasteiger partial charge in [0.2, 0.25) is 10.0 Å². The molecule has 0 aromatic carbocycles. The second-order valence-corrected chi connectivity index (χ2v) is 7.84. The summed E-state index contributed by atoms with van der Waals surface area (Å²) in [7, 11) is -3.61. The summed E-state index contributed by atoms with van der Waals surface area (Å²) in [6.45, 7) is 3.82. The molecule has 2 N–H and O–H groups in total. The van der Waals surface area contributed by atoms with E-state index in [2.05, 4.69) is 19.8 Å². The average molecular weight is 337 g/mol. The molecule has 1 fully saturated rings. The predicted molar refractivity (Wildman–Crippen MR) is 86.4 cm³/mol. The lowest BCUT2D eigenvalue weighted by molar-refractivity contribution is 0.466. The maximum Gasteiger partial charge on any atom is 0.244 e. The molecule has 0 bridgehead atoms. The predicted octanol–water partition coefficient (Wildman–Crippen LogP) is 2.46. The van der Waals surface area contributed by atoms with Gasteiger partial charge in [0, 0.05) is 18.1 Å². The normalized spacial score (nSPS) is 17.7. The molecule has 23 heavy (non-hydrogen) atoms. The van der Waals surface area contributed by atoms with E-state index in [1.807, 2.05) is 13.8 Å². The summed E-state index contributed by atoms with van der Waals surface area (Å²) in [5, 5.41) is 4.25. The highest BCUT2D eigenvalue weighted by Gasteiger charge is 2.25. The smallest absolute Gasteiger partial charge is 0.244 e. The molecule has 3 rings (SSSR count). The number of hydrogen-bond acceptors (Lipinski definition) is 4. The van der Waals surface area contributed by atoms with Crippen LogP contribution in [0, 0.1) is 6.92 Å². The molecule has 2 heterocycles. The molecule has 126 valence electrons. The second kappa shape index (κ2) is 6.45. The summed E-state index contributed by atoms with van der Waals surface area (Å²) in [4.78, 5) is 7.54. The molecule has 1 saturated carbocycles. The SMILES string of the molecule is CC[C@H](NS(=O)(=O)c1cnn(C2CCCC2)c1)c1ncc(C)[nH]1. The first kappa shape index (κ1) is 16.2. The first-order chi connectivity index (χ1) is 11.0. The number of H-pyrrole nitrogens is 1. The molecule has 1 aliphatic rings. The van der Waals surface area contributed by atoms with Crippen LogP contribution in [0.25, 0.3) is 0 Å². The van der Waals surface area contributed by atoms with Crippen molar-refractivity contribution in [2.24, 2.45) is 0 Å². The Morgan fingerprint density at radius 2 is 2.13 bits per heavy atom. The third-order valence-electron chi connectivity index (χ3n) is 4.35. The van der Waals surface area contributed by atoms with Crippen LogP contribution >= 0.6 is 0 Å². The van der Waals surface area contributed by atoms with Gasteiger partial charge in [-0.25, -0.2) is 18.1 Å². The highest BCUT2D eigenvalue weighted by atomic mass is 32.2. The number of hydrogen-bond donors (Lipinski definition) is 2. The summed E-state index contributed by atoms with van der Waals surface area (Å²) in [5.74, 6) is 0.636. The Bertz CT molecular complexity index is 758. The van der Waals surface area contributed by atoms with Crippen molar-refractivity contribution in [3.05, 3.63) is 30.1 Å². The maximum absolute atomic E-state index is 12.6. The van der Waals surface area contributed by atoms with Crippen LogP contribution in [0.5, 0.6) is 0 Å². The minimum Gasteiger partial charge on any atom is -0.345 e. The fourth-order valence-electron chi connectivity index (χ4n) is 3.03.